The Morgan fingerprint density at radius 3 is 2.53 bits per heavy atom. The van der Waals surface area contributed by atoms with E-state index < -0.39 is 5.97 Å². The monoisotopic (exact) mass is 254 g/mol. The molecule has 1 aromatic rings. The van der Waals surface area contributed by atoms with Gasteiger partial charge in [0.2, 0.25) is 0 Å². The van der Waals surface area contributed by atoms with Crippen molar-refractivity contribution < 1.29 is 14.7 Å². The number of benzene rings is 1. The average molecular weight is 255 g/mol. The molecule has 1 aromatic carbocycles. The highest BCUT2D eigenvalue weighted by Gasteiger charge is 2.14. The van der Waals surface area contributed by atoms with Crippen LogP contribution in [0.25, 0.3) is 0 Å². The van der Waals surface area contributed by atoms with Crippen molar-refractivity contribution in [2.75, 3.05) is 0 Å². The van der Waals surface area contributed by atoms with Crippen LogP contribution >= 0.6 is 11.6 Å². The number of carbonyl (C=O) groups is 2. The van der Waals surface area contributed by atoms with Gasteiger partial charge in [-0.2, -0.15) is 0 Å². The second kappa shape index (κ2) is 5.82. The van der Waals surface area contributed by atoms with Gasteiger partial charge in [0.05, 0.1) is 0 Å². The molecule has 0 bridgehead atoms. The van der Waals surface area contributed by atoms with Crippen LogP contribution in [0.4, 0.5) is 0 Å². The lowest BCUT2D eigenvalue weighted by molar-refractivity contribution is -0.137. The smallest absolute Gasteiger partial charge is 0.303 e. The van der Waals surface area contributed by atoms with E-state index >= 15 is 0 Å². The van der Waals surface area contributed by atoms with Crippen LogP contribution in [0.1, 0.15) is 35.7 Å². The fourth-order valence-electron chi connectivity index (χ4n) is 1.62. The molecule has 1 atom stereocenters. The van der Waals surface area contributed by atoms with Crippen molar-refractivity contribution in [3.05, 3.63) is 34.3 Å². The summed E-state index contributed by atoms with van der Waals surface area (Å²) in [5.74, 6) is -1.08. The van der Waals surface area contributed by atoms with Crippen LogP contribution in [0.3, 0.4) is 0 Å². The second-order valence-electron chi connectivity index (χ2n) is 4.29. The first-order chi connectivity index (χ1) is 7.90. The lowest BCUT2D eigenvalue weighted by Gasteiger charge is -2.08. The minimum atomic E-state index is -0.877. The Hall–Kier alpha value is -1.35. The molecule has 0 radical (unpaired) electrons. The number of Topliss-reactive ketones (excluding diaryl/α,β-unsaturated/α-hetero) is 1. The molecule has 0 fully saturated rings. The predicted molar refractivity (Wildman–Crippen MR) is 66.6 cm³/mol. The van der Waals surface area contributed by atoms with Gasteiger partial charge in [-0.15, -0.1) is 0 Å². The lowest BCUT2D eigenvalue weighted by atomic mass is 9.96. The van der Waals surface area contributed by atoms with E-state index in [1.165, 1.54) is 0 Å². The molecule has 0 saturated carbocycles. The molecule has 17 heavy (non-hydrogen) atoms. The molecule has 0 heterocycles. The number of hydrogen-bond acceptors (Lipinski definition) is 2. The molecule has 92 valence electrons. The van der Waals surface area contributed by atoms with Crippen molar-refractivity contribution in [2.24, 2.45) is 5.92 Å². The lowest BCUT2D eigenvalue weighted by Crippen LogP contribution is -2.10. The van der Waals surface area contributed by atoms with E-state index in [1.54, 1.807) is 25.1 Å². The zero-order valence-electron chi connectivity index (χ0n) is 9.87. The highest BCUT2D eigenvalue weighted by Crippen LogP contribution is 2.19. The Labute approximate surface area is 105 Å². The maximum Gasteiger partial charge on any atom is 0.303 e. The van der Waals surface area contributed by atoms with Crippen LogP contribution < -0.4 is 0 Å². The van der Waals surface area contributed by atoms with Crippen molar-refractivity contribution in [1.82, 2.24) is 0 Å². The summed E-state index contributed by atoms with van der Waals surface area (Å²) in [4.78, 5) is 22.4. The molecule has 1 rings (SSSR count). The van der Waals surface area contributed by atoms with Crippen molar-refractivity contribution >= 4 is 23.4 Å². The van der Waals surface area contributed by atoms with Crippen LogP contribution in [0.5, 0.6) is 0 Å². The van der Waals surface area contributed by atoms with E-state index in [-0.39, 0.29) is 24.5 Å². The molecular formula is C13H15ClO3. The van der Waals surface area contributed by atoms with Crippen LogP contribution in [0.15, 0.2) is 18.2 Å². The summed E-state index contributed by atoms with van der Waals surface area (Å²) in [5.41, 5.74) is 1.44. The highest BCUT2D eigenvalue weighted by molar-refractivity contribution is 6.31. The van der Waals surface area contributed by atoms with Gasteiger partial charge in [-0.3, -0.25) is 9.59 Å². The van der Waals surface area contributed by atoms with Crippen LogP contribution in [-0.2, 0) is 4.79 Å². The number of hydrogen-bond donors (Lipinski definition) is 1. The Morgan fingerprint density at radius 2 is 2.00 bits per heavy atom. The van der Waals surface area contributed by atoms with E-state index in [1.807, 2.05) is 6.92 Å². The minimum Gasteiger partial charge on any atom is -0.481 e. The van der Waals surface area contributed by atoms with Gasteiger partial charge in [-0.25, -0.2) is 0 Å². The van der Waals surface area contributed by atoms with Crippen LogP contribution in [-0.4, -0.2) is 16.9 Å². The van der Waals surface area contributed by atoms with Crippen molar-refractivity contribution in [1.29, 1.82) is 0 Å². The molecule has 0 aliphatic rings. The first kappa shape index (κ1) is 13.7. The molecular weight excluding hydrogens is 240 g/mol. The molecule has 0 aliphatic carbocycles. The van der Waals surface area contributed by atoms with E-state index in [4.69, 9.17) is 16.7 Å². The Kier molecular flexibility index (Phi) is 4.70. The first-order valence-corrected chi connectivity index (χ1v) is 5.79. The Bertz CT molecular complexity index is 440. The first-order valence-electron chi connectivity index (χ1n) is 5.41. The maximum absolute atomic E-state index is 11.9. The van der Waals surface area contributed by atoms with Gasteiger partial charge in [-0.05, 0) is 36.6 Å². The number of rotatable bonds is 5. The predicted octanol–water partition coefficient (Wildman–Crippen LogP) is 3.33. The second-order valence-corrected chi connectivity index (χ2v) is 4.70. The SMILES string of the molecule is Cc1cc(C(=O)C[C@H](C)CC(=O)O)ccc1Cl. The molecule has 0 spiro atoms. The minimum absolute atomic E-state index is 0.0122. The molecule has 0 unspecified atom stereocenters. The van der Waals surface area contributed by atoms with Crippen LogP contribution in [0.2, 0.25) is 5.02 Å². The van der Waals surface area contributed by atoms with Gasteiger partial charge in [0.25, 0.3) is 0 Å². The average Bonchev–Trinajstić information content (AvgIpc) is 2.20. The molecule has 0 amide bonds. The number of halogens is 1. The summed E-state index contributed by atoms with van der Waals surface area (Å²) in [6.07, 6.45) is 0.256. The summed E-state index contributed by atoms with van der Waals surface area (Å²) < 4.78 is 0. The zero-order valence-corrected chi connectivity index (χ0v) is 10.6. The van der Waals surface area contributed by atoms with Crippen LogP contribution in [0, 0.1) is 12.8 Å². The standard InChI is InChI=1S/C13H15ClO3/c1-8(6-13(16)17)5-12(15)10-3-4-11(14)9(2)7-10/h3-4,7-8H,5-6H2,1-2H3,(H,16,17)/t8-/m0/s1. The quantitative estimate of drug-likeness (QED) is 0.820. The fourth-order valence-corrected chi connectivity index (χ4v) is 1.74. The zero-order chi connectivity index (χ0) is 13.0. The van der Waals surface area contributed by atoms with Gasteiger partial charge in [-0.1, -0.05) is 18.5 Å². The molecule has 3 nitrogen and oxygen atoms in total. The van der Waals surface area contributed by atoms with Gasteiger partial charge in [0.15, 0.2) is 5.78 Å². The van der Waals surface area contributed by atoms with Crippen molar-refractivity contribution in [2.45, 2.75) is 26.7 Å². The highest BCUT2D eigenvalue weighted by atomic mass is 35.5. The number of carboxylic acid groups (broad SMARTS) is 1. The van der Waals surface area contributed by atoms with Crippen molar-refractivity contribution in [3.8, 4) is 0 Å². The summed E-state index contributed by atoms with van der Waals surface area (Å²) in [5, 5.41) is 9.24. The topological polar surface area (TPSA) is 54.4 Å². The third-order valence-electron chi connectivity index (χ3n) is 2.54. The summed E-state index contributed by atoms with van der Waals surface area (Å²) in [6, 6.07) is 5.09. The molecule has 1 N–H and O–H groups in total. The number of aryl methyl sites for hydroxylation is 1. The molecule has 0 aromatic heterocycles. The van der Waals surface area contributed by atoms with Gasteiger partial charge in [0, 0.05) is 23.4 Å². The summed E-state index contributed by atoms with van der Waals surface area (Å²) in [7, 11) is 0. The Morgan fingerprint density at radius 1 is 1.35 bits per heavy atom. The number of carbonyl (C=O) groups excluding carboxylic acids is 1. The normalized spacial score (nSPS) is 12.2. The van der Waals surface area contributed by atoms with Gasteiger partial charge < -0.3 is 5.11 Å². The van der Waals surface area contributed by atoms with E-state index in [0.717, 1.165) is 5.56 Å². The van der Waals surface area contributed by atoms with Gasteiger partial charge >= 0.3 is 5.97 Å². The van der Waals surface area contributed by atoms with E-state index in [0.29, 0.717) is 10.6 Å². The van der Waals surface area contributed by atoms with Gasteiger partial charge in [0.1, 0.15) is 0 Å². The third-order valence-corrected chi connectivity index (χ3v) is 2.96. The molecule has 0 aliphatic heterocycles. The molecule has 0 saturated heterocycles. The van der Waals surface area contributed by atoms with Crippen molar-refractivity contribution in [3.63, 3.8) is 0 Å². The third kappa shape index (κ3) is 4.19. The Balaban J connectivity index is 2.70. The number of ketones is 1. The summed E-state index contributed by atoms with van der Waals surface area (Å²) in [6.45, 7) is 3.59. The number of carboxylic acids is 1. The van der Waals surface area contributed by atoms with E-state index in [2.05, 4.69) is 0 Å². The number of aliphatic carboxylic acids is 1. The maximum atomic E-state index is 11.9. The largest absolute Gasteiger partial charge is 0.481 e. The summed E-state index contributed by atoms with van der Waals surface area (Å²) >= 11 is 5.87. The van der Waals surface area contributed by atoms with E-state index in [9.17, 15) is 9.59 Å². The molecule has 4 heteroatoms. The fraction of sp³-hybridized carbons (Fsp3) is 0.385.